The number of aliphatic hydroxyl groups excluding tert-OH is 3. The Morgan fingerprint density at radius 3 is 2.12 bits per heavy atom. The molecule has 0 bridgehead atoms. The molecule has 4 N–H and O–H groups in total. The van der Waals surface area contributed by atoms with Crippen LogP contribution in [-0.2, 0) is 19.1 Å². The van der Waals surface area contributed by atoms with Crippen molar-refractivity contribution in [3.8, 4) is 0 Å². The van der Waals surface area contributed by atoms with Crippen LogP contribution in [0.15, 0.2) is 12.2 Å². The van der Waals surface area contributed by atoms with Gasteiger partial charge in [0.05, 0.1) is 6.10 Å². The van der Waals surface area contributed by atoms with Crippen molar-refractivity contribution >= 4 is 11.8 Å². The highest BCUT2D eigenvalue weighted by atomic mass is 16.5. The lowest BCUT2D eigenvalue weighted by Crippen LogP contribution is -2.56. The third-order valence-corrected chi connectivity index (χ3v) is 7.51. The van der Waals surface area contributed by atoms with Gasteiger partial charge in [0.25, 0.3) is 5.91 Å². The second-order valence-corrected chi connectivity index (χ2v) is 11.6. The molecule has 1 aliphatic rings. The van der Waals surface area contributed by atoms with Crippen LogP contribution in [0.4, 0.5) is 0 Å². The fourth-order valence-electron chi connectivity index (χ4n) is 5.02. The van der Waals surface area contributed by atoms with Crippen molar-refractivity contribution in [3.05, 3.63) is 12.2 Å². The Labute approximate surface area is 242 Å². The predicted octanol–water partition coefficient (Wildman–Crippen LogP) is 3.73. The van der Waals surface area contributed by atoms with Gasteiger partial charge in [-0.25, -0.2) is 0 Å². The molecule has 0 aliphatic carbocycles. The summed E-state index contributed by atoms with van der Waals surface area (Å²) in [5.41, 5.74) is 0. The number of hydrogen-bond donors (Lipinski definition) is 4. The Morgan fingerprint density at radius 1 is 1.00 bits per heavy atom. The van der Waals surface area contributed by atoms with Crippen LogP contribution < -0.4 is 5.32 Å². The van der Waals surface area contributed by atoms with E-state index < -0.39 is 42.5 Å². The minimum Gasteiger partial charge on any atom is -0.391 e. The van der Waals surface area contributed by atoms with E-state index in [-0.39, 0.29) is 18.4 Å². The molecule has 0 radical (unpaired) electrons. The van der Waals surface area contributed by atoms with E-state index in [9.17, 15) is 24.9 Å². The highest BCUT2D eigenvalue weighted by Gasteiger charge is 2.39. The van der Waals surface area contributed by atoms with Gasteiger partial charge in [-0.15, -0.1) is 0 Å². The third-order valence-electron chi connectivity index (χ3n) is 7.51. The average molecular weight is 571 g/mol. The number of carbonyl (C=O) groups excluding carboxylic acids is 2. The molecule has 1 rings (SSSR count). The van der Waals surface area contributed by atoms with Crippen LogP contribution in [0.1, 0.15) is 104 Å². The van der Waals surface area contributed by atoms with E-state index in [2.05, 4.69) is 12.2 Å². The summed E-state index contributed by atoms with van der Waals surface area (Å²) in [6.45, 7) is 6.66. The van der Waals surface area contributed by atoms with Gasteiger partial charge >= 0.3 is 0 Å². The van der Waals surface area contributed by atoms with Crippen LogP contribution >= 0.6 is 0 Å². The summed E-state index contributed by atoms with van der Waals surface area (Å²) in [5.74, 6) is -0.722. The van der Waals surface area contributed by atoms with E-state index in [1.165, 1.54) is 69.5 Å². The highest BCUT2D eigenvalue weighted by molar-refractivity contribution is 5.89. The van der Waals surface area contributed by atoms with E-state index >= 15 is 0 Å². The predicted molar refractivity (Wildman–Crippen MR) is 158 cm³/mol. The SMILES string of the molecule is CCCCCCCCCCCCCO[C@H]([C@@H](O)[C@H](O)C=CC(C)C)[C@@H](OC)C(=O)N[C@H]1CC[C@H](O)CN(C)C1=O. The number of nitrogens with zero attached hydrogens (tertiary/aromatic N) is 1. The summed E-state index contributed by atoms with van der Waals surface area (Å²) in [5, 5.41) is 34.4. The molecule has 2 amide bonds. The van der Waals surface area contributed by atoms with Crippen LogP contribution in [0, 0.1) is 5.92 Å². The lowest BCUT2D eigenvalue weighted by Gasteiger charge is -2.32. The van der Waals surface area contributed by atoms with Gasteiger partial charge in [0, 0.05) is 27.3 Å². The number of likely N-dealkylation sites (N-methyl/N-ethyl adjacent to an activating group) is 1. The lowest BCUT2D eigenvalue weighted by molar-refractivity contribution is -0.160. The van der Waals surface area contributed by atoms with Crippen LogP contribution in [0.5, 0.6) is 0 Å². The molecule has 1 heterocycles. The molecule has 0 aromatic heterocycles. The first-order valence-electron chi connectivity index (χ1n) is 15.5. The summed E-state index contributed by atoms with van der Waals surface area (Å²) in [7, 11) is 2.93. The number of unbranched alkanes of at least 4 members (excludes halogenated alkanes) is 10. The smallest absolute Gasteiger partial charge is 0.252 e. The highest BCUT2D eigenvalue weighted by Crippen LogP contribution is 2.18. The number of nitrogens with one attached hydrogen (secondary N) is 1. The first-order chi connectivity index (χ1) is 19.1. The fourth-order valence-corrected chi connectivity index (χ4v) is 5.02. The van der Waals surface area contributed by atoms with Gasteiger partial charge in [0.1, 0.15) is 24.4 Å². The molecule has 0 aromatic carbocycles. The minimum atomic E-state index is -1.41. The third kappa shape index (κ3) is 14.4. The normalized spacial score (nSPS) is 21.4. The van der Waals surface area contributed by atoms with Crippen LogP contribution in [0.3, 0.4) is 0 Å². The van der Waals surface area contributed by atoms with Crippen LogP contribution in [0.2, 0.25) is 0 Å². The minimum absolute atomic E-state index is 0.174. The van der Waals surface area contributed by atoms with E-state index in [0.717, 1.165) is 19.3 Å². The Kier molecular flexibility index (Phi) is 19.4. The number of β-amino-alcohol motifs (C(OH)–C–C–N with tert-alkyl or cyclic N) is 1. The zero-order chi connectivity index (χ0) is 29.9. The Hall–Kier alpha value is -1.52. The van der Waals surface area contributed by atoms with Crippen molar-refractivity contribution in [2.24, 2.45) is 5.92 Å². The number of rotatable bonds is 21. The lowest BCUT2D eigenvalue weighted by atomic mass is 9.99. The molecule has 9 heteroatoms. The van der Waals surface area contributed by atoms with E-state index in [1.54, 1.807) is 13.1 Å². The topological polar surface area (TPSA) is 129 Å². The number of amides is 2. The summed E-state index contributed by atoms with van der Waals surface area (Å²) >= 11 is 0. The van der Waals surface area contributed by atoms with Gasteiger partial charge in [0.15, 0.2) is 6.10 Å². The summed E-state index contributed by atoms with van der Waals surface area (Å²) in [6.07, 6.45) is 11.4. The van der Waals surface area contributed by atoms with Gasteiger partial charge < -0.3 is 35.0 Å². The Morgan fingerprint density at radius 2 is 1.57 bits per heavy atom. The molecule has 0 saturated carbocycles. The van der Waals surface area contributed by atoms with Gasteiger partial charge in [-0.05, 0) is 25.2 Å². The average Bonchev–Trinajstić information content (AvgIpc) is 3.03. The molecular weight excluding hydrogens is 512 g/mol. The number of hydrogen-bond acceptors (Lipinski definition) is 7. The van der Waals surface area contributed by atoms with Crippen molar-refractivity contribution in [1.29, 1.82) is 0 Å². The molecular formula is C31H58N2O7. The number of aliphatic hydroxyl groups is 3. The summed E-state index contributed by atoms with van der Waals surface area (Å²) in [4.78, 5) is 27.4. The van der Waals surface area contributed by atoms with Crippen LogP contribution in [0.25, 0.3) is 0 Å². The van der Waals surface area contributed by atoms with Crippen molar-refractivity contribution in [1.82, 2.24) is 10.2 Å². The first-order valence-corrected chi connectivity index (χ1v) is 15.5. The zero-order valence-electron chi connectivity index (χ0n) is 25.7. The van der Waals surface area contributed by atoms with Crippen molar-refractivity contribution in [3.63, 3.8) is 0 Å². The van der Waals surface area contributed by atoms with Gasteiger partial charge in [-0.3, -0.25) is 9.59 Å². The molecule has 0 aromatic rings. The van der Waals surface area contributed by atoms with Crippen LogP contribution in [-0.4, -0.2) is 95.9 Å². The van der Waals surface area contributed by atoms with Crippen molar-refractivity contribution in [2.75, 3.05) is 27.3 Å². The van der Waals surface area contributed by atoms with Crippen molar-refractivity contribution < 1.29 is 34.4 Å². The monoisotopic (exact) mass is 570 g/mol. The van der Waals surface area contributed by atoms with E-state index in [1.807, 2.05) is 13.8 Å². The number of allylic oxidation sites excluding steroid dienone is 1. The number of ether oxygens (including phenoxy) is 2. The number of carbonyl (C=O) groups is 2. The molecule has 1 fully saturated rings. The molecule has 0 spiro atoms. The maximum Gasteiger partial charge on any atom is 0.252 e. The zero-order valence-corrected chi connectivity index (χ0v) is 25.7. The number of likely N-dealkylation sites (tertiary alicyclic amines) is 1. The summed E-state index contributed by atoms with van der Waals surface area (Å²) < 4.78 is 11.5. The standard InChI is InChI=1S/C31H58N2O7/c1-6-7-8-9-10-11-12-13-14-15-16-21-40-28(27(36)26(35)20-17-23(2)3)29(39-5)30(37)32-25-19-18-24(34)22-33(4)31(25)38/h17,20,23-29,34-36H,6-16,18-19,21-22H2,1-5H3,(H,32,37)/t24-,25-,26+,27-,28+,29+/m0/s1. The maximum atomic E-state index is 13.3. The molecule has 1 aliphatic heterocycles. The fraction of sp³-hybridized carbons (Fsp3) is 0.871. The first kappa shape index (κ1) is 36.5. The molecule has 1 saturated heterocycles. The van der Waals surface area contributed by atoms with Gasteiger partial charge in [-0.1, -0.05) is 97.1 Å². The second kappa shape index (κ2) is 21.2. The largest absolute Gasteiger partial charge is 0.391 e. The Balaban J connectivity index is 2.71. The quantitative estimate of drug-likeness (QED) is 0.122. The maximum absolute atomic E-state index is 13.3. The van der Waals surface area contributed by atoms with Gasteiger partial charge in [0.2, 0.25) is 5.91 Å². The van der Waals surface area contributed by atoms with E-state index in [0.29, 0.717) is 19.4 Å². The van der Waals surface area contributed by atoms with E-state index in [4.69, 9.17) is 9.47 Å². The molecule has 9 nitrogen and oxygen atoms in total. The molecule has 234 valence electrons. The Bertz CT molecular complexity index is 718. The van der Waals surface area contributed by atoms with Gasteiger partial charge in [-0.2, -0.15) is 0 Å². The molecule has 0 unspecified atom stereocenters. The number of methoxy groups -OCH3 is 1. The second-order valence-electron chi connectivity index (χ2n) is 11.6. The molecule has 40 heavy (non-hydrogen) atoms. The van der Waals surface area contributed by atoms with Crippen molar-refractivity contribution in [2.45, 2.75) is 141 Å². The summed E-state index contributed by atoms with van der Waals surface area (Å²) in [6, 6.07) is -0.817. The molecule has 6 atom stereocenters.